The molecule has 0 saturated heterocycles. The lowest BCUT2D eigenvalue weighted by Crippen LogP contribution is -2.44. The molecule has 150 valence electrons. The zero-order chi connectivity index (χ0) is 20.0. The molecule has 1 aromatic rings. The molecule has 2 rings (SSSR count). The average molecular weight is 396 g/mol. The van der Waals surface area contributed by atoms with Crippen molar-refractivity contribution in [1.82, 2.24) is 0 Å². The van der Waals surface area contributed by atoms with Crippen LogP contribution in [0.15, 0.2) is 24.3 Å². The number of anilines is 1. The molecule has 1 aliphatic rings. The fourth-order valence-corrected chi connectivity index (χ4v) is 6.22. The fourth-order valence-electron chi connectivity index (χ4n) is 3.70. The molecule has 1 unspecified atom stereocenters. The molecule has 1 saturated carbocycles. The van der Waals surface area contributed by atoms with Gasteiger partial charge in [-0.15, -0.1) is 0 Å². The van der Waals surface area contributed by atoms with Gasteiger partial charge < -0.3 is 10.4 Å². The lowest BCUT2D eigenvalue weighted by atomic mass is 10.0. The van der Waals surface area contributed by atoms with Gasteiger partial charge in [-0.3, -0.25) is 9.59 Å². The van der Waals surface area contributed by atoms with E-state index in [-0.39, 0.29) is 12.3 Å². The third kappa shape index (κ3) is 5.79. The Hall–Kier alpha value is -1.89. The smallest absolute Gasteiger partial charge is 0.303 e. The van der Waals surface area contributed by atoms with Crippen LogP contribution in [0, 0.1) is 5.92 Å². The van der Waals surface area contributed by atoms with Gasteiger partial charge in [-0.05, 0) is 42.9 Å². The van der Waals surface area contributed by atoms with Gasteiger partial charge in [0.2, 0.25) is 5.91 Å². The number of benzene rings is 1. The van der Waals surface area contributed by atoms with Crippen LogP contribution >= 0.6 is 0 Å². The molecule has 0 radical (unpaired) electrons. The van der Waals surface area contributed by atoms with Crippen molar-refractivity contribution in [1.29, 1.82) is 0 Å². The number of aryl methyl sites for hydroxylation is 1. The molecule has 1 aliphatic carbocycles. The van der Waals surface area contributed by atoms with Crippen LogP contribution < -0.4 is 5.32 Å². The third-order valence-corrected chi connectivity index (χ3v) is 7.92. The normalized spacial score (nSPS) is 16.9. The molecule has 0 aromatic heterocycles. The van der Waals surface area contributed by atoms with Gasteiger partial charge in [0.25, 0.3) is 0 Å². The van der Waals surface area contributed by atoms with Crippen LogP contribution in [0.3, 0.4) is 0 Å². The second kappa shape index (κ2) is 9.35. The van der Waals surface area contributed by atoms with Crippen molar-refractivity contribution in [3.05, 3.63) is 29.8 Å². The number of carbonyl (C=O) groups excluding carboxylic acids is 1. The van der Waals surface area contributed by atoms with Gasteiger partial charge in [-0.2, -0.15) is 0 Å². The minimum absolute atomic E-state index is 0.00206. The highest BCUT2D eigenvalue weighted by Gasteiger charge is 2.41. The van der Waals surface area contributed by atoms with Crippen LogP contribution in [-0.4, -0.2) is 35.9 Å². The van der Waals surface area contributed by atoms with E-state index in [0.717, 1.165) is 24.8 Å². The monoisotopic (exact) mass is 395 g/mol. The van der Waals surface area contributed by atoms with E-state index in [2.05, 4.69) is 5.32 Å². The van der Waals surface area contributed by atoms with Crippen molar-refractivity contribution in [2.45, 2.75) is 69.3 Å². The summed E-state index contributed by atoms with van der Waals surface area (Å²) in [5.74, 6) is -1.72. The molecule has 0 heterocycles. The average Bonchev–Trinajstić information content (AvgIpc) is 2.60. The number of hydrogen-bond acceptors (Lipinski definition) is 4. The fraction of sp³-hybridized carbons (Fsp3) is 0.600. The first-order valence-electron chi connectivity index (χ1n) is 9.56. The molecule has 1 atom stereocenters. The quantitative estimate of drug-likeness (QED) is 0.702. The van der Waals surface area contributed by atoms with Crippen molar-refractivity contribution in [2.75, 3.05) is 5.32 Å². The Kier molecular flexibility index (Phi) is 7.41. The zero-order valence-electron chi connectivity index (χ0n) is 16.0. The van der Waals surface area contributed by atoms with Crippen molar-refractivity contribution < 1.29 is 23.1 Å². The van der Waals surface area contributed by atoms with E-state index in [0.29, 0.717) is 24.9 Å². The second-order valence-electron chi connectivity index (χ2n) is 7.60. The first kappa shape index (κ1) is 21.4. The van der Waals surface area contributed by atoms with Gasteiger partial charge in [-0.25, -0.2) is 8.42 Å². The van der Waals surface area contributed by atoms with Crippen LogP contribution in [0.4, 0.5) is 5.69 Å². The summed E-state index contributed by atoms with van der Waals surface area (Å²) in [7, 11) is -3.56. The summed E-state index contributed by atoms with van der Waals surface area (Å²) in [6.45, 7) is 3.52. The Balaban J connectivity index is 2.15. The maximum atomic E-state index is 13.1. The van der Waals surface area contributed by atoms with E-state index in [9.17, 15) is 18.0 Å². The van der Waals surface area contributed by atoms with E-state index in [4.69, 9.17) is 5.11 Å². The van der Waals surface area contributed by atoms with Gasteiger partial charge in [-0.1, -0.05) is 45.2 Å². The SMILES string of the molecule is CC(C)C(C(=O)Nc1cccc(CCC(=O)O)c1)S(=O)(=O)C1CCCCC1. The van der Waals surface area contributed by atoms with Crippen LogP contribution in [0.5, 0.6) is 0 Å². The maximum Gasteiger partial charge on any atom is 0.303 e. The van der Waals surface area contributed by atoms with E-state index in [1.807, 2.05) is 0 Å². The van der Waals surface area contributed by atoms with Crippen molar-refractivity contribution in [3.63, 3.8) is 0 Å². The molecule has 2 N–H and O–H groups in total. The minimum Gasteiger partial charge on any atom is -0.481 e. The summed E-state index contributed by atoms with van der Waals surface area (Å²) in [5.41, 5.74) is 1.28. The summed E-state index contributed by atoms with van der Waals surface area (Å²) in [4.78, 5) is 23.6. The molecule has 1 amide bonds. The number of carbonyl (C=O) groups is 2. The number of aliphatic carboxylic acids is 1. The Bertz CT molecular complexity index is 766. The second-order valence-corrected chi connectivity index (χ2v) is 9.95. The first-order chi connectivity index (χ1) is 12.7. The molecule has 0 aliphatic heterocycles. The van der Waals surface area contributed by atoms with Crippen LogP contribution in [0.2, 0.25) is 0 Å². The minimum atomic E-state index is -3.56. The number of carboxylic acids is 1. The molecular weight excluding hydrogens is 366 g/mol. The summed E-state index contributed by atoms with van der Waals surface area (Å²) < 4.78 is 26.2. The summed E-state index contributed by atoms with van der Waals surface area (Å²) >= 11 is 0. The lowest BCUT2D eigenvalue weighted by Gasteiger charge is -2.28. The Labute approximate surface area is 161 Å². The number of amides is 1. The maximum absolute atomic E-state index is 13.1. The van der Waals surface area contributed by atoms with Gasteiger partial charge in [0.1, 0.15) is 5.25 Å². The highest BCUT2D eigenvalue weighted by molar-refractivity contribution is 7.93. The highest BCUT2D eigenvalue weighted by atomic mass is 32.2. The van der Waals surface area contributed by atoms with E-state index < -0.39 is 32.2 Å². The number of carboxylic acid groups (broad SMARTS) is 1. The molecule has 0 bridgehead atoms. The Morgan fingerprint density at radius 3 is 2.44 bits per heavy atom. The van der Waals surface area contributed by atoms with Crippen molar-refractivity contribution in [3.8, 4) is 0 Å². The standard InChI is InChI=1S/C20H29NO5S/c1-14(2)19(27(25,26)17-9-4-3-5-10-17)20(24)21-16-8-6-7-15(13-16)11-12-18(22)23/h6-8,13-14,17,19H,3-5,9-12H2,1-2H3,(H,21,24)(H,22,23). The van der Waals surface area contributed by atoms with Crippen molar-refractivity contribution in [2.24, 2.45) is 5.92 Å². The third-order valence-electron chi connectivity index (χ3n) is 5.06. The number of nitrogens with one attached hydrogen (secondary N) is 1. The van der Waals surface area contributed by atoms with E-state index in [1.165, 1.54) is 0 Å². The van der Waals surface area contributed by atoms with Gasteiger partial charge >= 0.3 is 5.97 Å². The predicted molar refractivity (Wildman–Crippen MR) is 105 cm³/mol. The van der Waals surface area contributed by atoms with Gasteiger partial charge in [0.05, 0.1) is 5.25 Å². The molecule has 27 heavy (non-hydrogen) atoms. The molecule has 1 aromatic carbocycles. The van der Waals surface area contributed by atoms with Crippen molar-refractivity contribution >= 4 is 27.4 Å². The summed E-state index contributed by atoms with van der Waals surface area (Å²) in [5, 5.41) is 10.0. The largest absolute Gasteiger partial charge is 0.481 e. The number of sulfone groups is 1. The Morgan fingerprint density at radius 1 is 1.19 bits per heavy atom. The molecule has 0 spiro atoms. The topological polar surface area (TPSA) is 101 Å². The summed E-state index contributed by atoms with van der Waals surface area (Å²) in [6.07, 6.45) is 4.44. The van der Waals surface area contributed by atoms with E-state index >= 15 is 0 Å². The van der Waals surface area contributed by atoms with Gasteiger partial charge in [0.15, 0.2) is 9.84 Å². The van der Waals surface area contributed by atoms with Gasteiger partial charge in [0, 0.05) is 12.1 Å². The highest BCUT2D eigenvalue weighted by Crippen LogP contribution is 2.29. The van der Waals surface area contributed by atoms with Crippen LogP contribution in [0.25, 0.3) is 0 Å². The van der Waals surface area contributed by atoms with E-state index in [1.54, 1.807) is 38.1 Å². The Morgan fingerprint density at radius 2 is 1.85 bits per heavy atom. The van der Waals surface area contributed by atoms with Crippen LogP contribution in [0.1, 0.15) is 57.9 Å². The molecular formula is C20H29NO5S. The number of hydrogen-bond donors (Lipinski definition) is 2. The first-order valence-corrected chi connectivity index (χ1v) is 11.2. The predicted octanol–water partition coefficient (Wildman–Crippen LogP) is 3.41. The van der Waals surface area contributed by atoms with Crippen LogP contribution in [-0.2, 0) is 25.8 Å². The molecule has 7 heteroatoms. The number of rotatable bonds is 8. The molecule has 6 nitrogen and oxygen atoms in total. The summed E-state index contributed by atoms with van der Waals surface area (Å²) in [6, 6.07) is 6.91. The zero-order valence-corrected chi connectivity index (χ0v) is 16.8. The molecule has 1 fully saturated rings. The lowest BCUT2D eigenvalue weighted by molar-refractivity contribution is -0.137.